The predicted octanol–water partition coefficient (Wildman–Crippen LogP) is 2.47. The van der Waals surface area contributed by atoms with Crippen molar-refractivity contribution >= 4 is 38.9 Å². The van der Waals surface area contributed by atoms with Crippen LogP contribution in [0.2, 0.25) is 0 Å². The molecule has 0 bridgehead atoms. The molecule has 0 aromatic carbocycles. The Morgan fingerprint density at radius 3 is 3.00 bits per heavy atom. The van der Waals surface area contributed by atoms with Crippen LogP contribution < -0.4 is 0 Å². The second-order valence-electron chi connectivity index (χ2n) is 1.36. The van der Waals surface area contributed by atoms with E-state index < -0.39 is 0 Å². The Morgan fingerprint density at radius 1 is 1.78 bits per heavy atom. The van der Waals surface area contributed by atoms with Crippen LogP contribution in [0.4, 0.5) is 0 Å². The molecule has 1 aromatic rings. The summed E-state index contributed by atoms with van der Waals surface area (Å²) in [6.07, 6.45) is 0. The van der Waals surface area contributed by atoms with Gasteiger partial charge in [-0.05, 0) is 22.2 Å². The topological polar surface area (TPSA) is 17.1 Å². The Morgan fingerprint density at radius 2 is 2.56 bits per heavy atom. The Bertz CT molecular complexity index is 192. The van der Waals surface area contributed by atoms with E-state index in [9.17, 15) is 4.79 Å². The highest BCUT2D eigenvalue weighted by atomic mass is 33.1. The molecule has 1 rings (SSSR count). The molecule has 0 atom stereocenters. The fourth-order valence-electron chi connectivity index (χ4n) is 0.440. The van der Waals surface area contributed by atoms with Crippen molar-refractivity contribution < 1.29 is 4.79 Å². The first-order chi connectivity index (χ1) is 4.34. The third-order valence-electron chi connectivity index (χ3n) is 0.805. The third kappa shape index (κ3) is 1.74. The van der Waals surface area contributed by atoms with Gasteiger partial charge in [0.05, 0.1) is 4.88 Å². The minimum Gasteiger partial charge on any atom is -0.280 e. The number of thiol groups is 1. The molecule has 0 saturated heterocycles. The van der Waals surface area contributed by atoms with E-state index in [1.165, 1.54) is 11.3 Å². The number of carbonyl (C=O) groups is 1. The van der Waals surface area contributed by atoms with Crippen molar-refractivity contribution in [3.05, 3.63) is 22.4 Å². The summed E-state index contributed by atoms with van der Waals surface area (Å²) in [5, 5.41) is 1.89. The van der Waals surface area contributed by atoms with Crippen LogP contribution in [0.1, 0.15) is 9.67 Å². The van der Waals surface area contributed by atoms with Gasteiger partial charge >= 0.3 is 0 Å². The Balaban J connectivity index is 2.77. The summed E-state index contributed by atoms with van der Waals surface area (Å²) in [7, 11) is 0.948. The van der Waals surface area contributed by atoms with Crippen LogP contribution in [0, 0.1) is 0 Å². The summed E-state index contributed by atoms with van der Waals surface area (Å²) in [6, 6.07) is 3.64. The molecule has 48 valence electrons. The molecule has 1 heterocycles. The maximum absolute atomic E-state index is 10.8. The second kappa shape index (κ2) is 3.29. The molecule has 0 N–H and O–H groups in total. The quantitative estimate of drug-likeness (QED) is 0.523. The highest BCUT2D eigenvalue weighted by Crippen LogP contribution is 2.18. The van der Waals surface area contributed by atoms with Crippen molar-refractivity contribution in [2.24, 2.45) is 0 Å². The molecule has 1 nitrogen and oxygen atoms in total. The van der Waals surface area contributed by atoms with Gasteiger partial charge in [-0.25, -0.2) is 0 Å². The lowest BCUT2D eigenvalue weighted by Gasteiger charge is -1.84. The monoisotopic (exact) mass is 176 g/mol. The highest BCUT2D eigenvalue weighted by molar-refractivity contribution is 8.75. The van der Waals surface area contributed by atoms with Crippen molar-refractivity contribution in [2.75, 3.05) is 0 Å². The first-order valence-corrected chi connectivity index (χ1v) is 4.98. The highest BCUT2D eigenvalue weighted by Gasteiger charge is 2.02. The van der Waals surface area contributed by atoms with Gasteiger partial charge < -0.3 is 0 Å². The van der Waals surface area contributed by atoms with Gasteiger partial charge in [0.25, 0.3) is 0 Å². The number of hydrogen-bond acceptors (Lipinski definition) is 4. The minimum atomic E-state index is 0.0216. The van der Waals surface area contributed by atoms with Gasteiger partial charge in [-0.1, -0.05) is 6.07 Å². The molecule has 4 heteroatoms. The zero-order valence-corrected chi connectivity index (χ0v) is 6.93. The first kappa shape index (κ1) is 7.18. The lowest BCUT2D eigenvalue weighted by Crippen LogP contribution is -1.81. The molecule has 0 amide bonds. The van der Waals surface area contributed by atoms with Crippen LogP contribution in [-0.4, -0.2) is 5.12 Å². The van der Waals surface area contributed by atoms with Gasteiger partial charge in [0.1, 0.15) is 0 Å². The number of rotatable bonds is 1. The van der Waals surface area contributed by atoms with Crippen molar-refractivity contribution in [3.8, 4) is 0 Å². The van der Waals surface area contributed by atoms with Crippen LogP contribution in [0.25, 0.3) is 0 Å². The van der Waals surface area contributed by atoms with E-state index in [0.29, 0.717) is 0 Å². The van der Waals surface area contributed by atoms with Crippen LogP contribution >= 0.6 is 33.8 Å². The molecule has 9 heavy (non-hydrogen) atoms. The van der Waals surface area contributed by atoms with Gasteiger partial charge in [0.2, 0.25) is 5.12 Å². The SMILES string of the molecule is O=C(SS)c1cccs1. The molecular formula is C5H4OS3. The van der Waals surface area contributed by atoms with Crippen LogP contribution in [0.15, 0.2) is 17.5 Å². The van der Waals surface area contributed by atoms with Crippen molar-refractivity contribution in [2.45, 2.75) is 0 Å². The van der Waals surface area contributed by atoms with E-state index >= 15 is 0 Å². The van der Waals surface area contributed by atoms with E-state index in [-0.39, 0.29) is 5.12 Å². The van der Waals surface area contributed by atoms with Gasteiger partial charge in [-0.2, -0.15) is 0 Å². The summed E-state index contributed by atoms with van der Waals surface area (Å²) in [5.41, 5.74) is 0. The molecule has 0 unspecified atom stereocenters. The molecule has 0 radical (unpaired) electrons. The number of hydrogen-bond donors (Lipinski definition) is 1. The third-order valence-corrected chi connectivity index (χ3v) is 2.69. The fourth-order valence-corrected chi connectivity index (χ4v) is 1.90. The van der Waals surface area contributed by atoms with Crippen LogP contribution in [0.3, 0.4) is 0 Å². The van der Waals surface area contributed by atoms with Crippen LogP contribution in [-0.2, 0) is 0 Å². The Kier molecular flexibility index (Phi) is 2.63. The maximum atomic E-state index is 10.8. The van der Waals surface area contributed by atoms with E-state index in [2.05, 4.69) is 11.7 Å². The summed E-state index contributed by atoms with van der Waals surface area (Å²) < 4.78 is 0. The Labute approximate surface area is 66.3 Å². The molecule has 0 fully saturated rings. The first-order valence-electron chi connectivity index (χ1n) is 2.24. The Hall–Kier alpha value is 0.0700. The van der Waals surface area contributed by atoms with E-state index in [0.717, 1.165) is 15.7 Å². The van der Waals surface area contributed by atoms with E-state index in [1.54, 1.807) is 6.07 Å². The molecular weight excluding hydrogens is 172 g/mol. The normalized spacial score (nSPS) is 9.44. The summed E-state index contributed by atoms with van der Waals surface area (Å²) in [5.74, 6) is 0. The number of thiophene rings is 1. The molecule has 0 saturated carbocycles. The standard InChI is InChI=1S/C5H4OS3/c6-5(9-7)4-2-1-3-8-4/h1-3,7H. The summed E-state index contributed by atoms with van der Waals surface area (Å²) in [6.45, 7) is 0. The largest absolute Gasteiger partial charge is 0.280 e. The molecule has 0 aliphatic heterocycles. The zero-order chi connectivity index (χ0) is 6.69. The van der Waals surface area contributed by atoms with Gasteiger partial charge in [0, 0.05) is 0 Å². The lowest BCUT2D eigenvalue weighted by atomic mass is 10.5. The zero-order valence-electron chi connectivity index (χ0n) is 4.40. The smallest absolute Gasteiger partial charge is 0.239 e. The second-order valence-corrected chi connectivity index (χ2v) is 3.40. The van der Waals surface area contributed by atoms with Crippen molar-refractivity contribution in [1.29, 1.82) is 0 Å². The average molecular weight is 176 g/mol. The van der Waals surface area contributed by atoms with E-state index in [4.69, 9.17) is 0 Å². The molecule has 0 spiro atoms. The van der Waals surface area contributed by atoms with Gasteiger partial charge in [-0.15, -0.1) is 23.0 Å². The van der Waals surface area contributed by atoms with Crippen LogP contribution in [0.5, 0.6) is 0 Å². The summed E-state index contributed by atoms with van der Waals surface area (Å²) in [4.78, 5) is 11.5. The predicted molar refractivity (Wildman–Crippen MR) is 45.2 cm³/mol. The lowest BCUT2D eigenvalue weighted by molar-refractivity contribution is 0.109. The molecule has 0 aliphatic rings. The fraction of sp³-hybridized carbons (Fsp3) is 0. The summed E-state index contributed by atoms with van der Waals surface area (Å²) >= 11 is 5.21. The maximum Gasteiger partial charge on any atom is 0.239 e. The van der Waals surface area contributed by atoms with Gasteiger partial charge in [-0.3, -0.25) is 4.79 Å². The molecule has 1 aromatic heterocycles. The van der Waals surface area contributed by atoms with Crippen molar-refractivity contribution in [3.63, 3.8) is 0 Å². The number of carbonyl (C=O) groups excluding carboxylic acids is 1. The van der Waals surface area contributed by atoms with Crippen molar-refractivity contribution in [1.82, 2.24) is 0 Å². The van der Waals surface area contributed by atoms with Gasteiger partial charge in [0.15, 0.2) is 0 Å². The van der Waals surface area contributed by atoms with E-state index in [1.807, 2.05) is 11.4 Å². The average Bonchev–Trinajstić information content (AvgIpc) is 2.37. The molecule has 0 aliphatic carbocycles. The minimum absolute atomic E-state index is 0.0216.